The summed E-state index contributed by atoms with van der Waals surface area (Å²) in [6, 6.07) is 11.7. The fraction of sp³-hybridized carbons (Fsp3) is 0.211. The summed E-state index contributed by atoms with van der Waals surface area (Å²) in [4.78, 5) is 19.8. The van der Waals surface area contributed by atoms with Crippen molar-refractivity contribution in [2.24, 2.45) is 5.73 Å². The number of anilines is 1. The second kappa shape index (κ2) is 8.99. The van der Waals surface area contributed by atoms with Crippen molar-refractivity contribution in [3.05, 3.63) is 52.8 Å². The van der Waals surface area contributed by atoms with Gasteiger partial charge in [0, 0.05) is 42.2 Å². The highest BCUT2D eigenvalue weighted by Gasteiger charge is 2.17. The smallest absolute Gasteiger partial charge is 0.204 e. The fourth-order valence-electron chi connectivity index (χ4n) is 3.04. The highest BCUT2D eigenvalue weighted by Crippen LogP contribution is 2.35. The molecule has 0 saturated carbocycles. The second-order valence-electron chi connectivity index (χ2n) is 5.93. The molecular weight excluding hydrogens is 385 g/mol. The minimum atomic E-state index is 0.250. The quantitative estimate of drug-likeness (QED) is 0.642. The fourth-order valence-corrected chi connectivity index (χ4v) is 3.44. The monoisotopic (exact) mass is 403 g/mol. The number of hydrogen-bond acceptors (Lipinski definition) is 5. The van der Waals surface area contributed by atoms with E-state index in [1.807, 2.05) is 30.3 Å². The van der Waals surface area contributed by atoms with Crippen LogP contribution in [0.15, 0.2) is 42.7 Å². The first-order valence-corrected chi connectivity index (χ1v) is 9.21. The first kappa shape index (κ1) is 19.4. The average molecular weight is 404 g/mol. The Morgan fingerprint density at radius 2 is 1.74 bits per heavy atom. The minimum Gasteiger partial charge on any atom is -0.372 e. The van der Waals surface area contributed by atoms with Crippen molar-refractivity contribution in [1.29, 1.82) is 0 Å². The first-order chi connectivity index (χ1) is 13.1. The lowest BCUT2D eigenvalue weighted by molar-refractivity contribution is -0.106. The third-order valence-corrected chi connectivity index (χ3v) is 4.84. The van der Waals surface area contributed by atoms with Gasteiger partial charge in [-0.1, -0.05) is 35.3 Å². The molecule has 1 fully saturated rings. The van der Waals surface area contributed by atoms with Crippen LogP contribution in [-0.4, -0.2) is 42.6 Å². The van der Waals surface area contributed by atoms with Crippen molar-refractivity contribution in [3.63, 3.8) is 0 Å². The Bertz CT molecular complexity index is 927. The number of carbonyl (C=O) groups is 1. The summed E-state index contributed by atoms with van der Waals surface area (Å²) in [5.74, 6) is 0.966. The Morgan fingerprint density at radius 3 is 2.41 bits per heavy atom. The summed E-state index contributed by atoms with van der Waals surface area (Å²) in [5.41, 5.74) is 7.02. The maximum atomic E-state index is 8.58. The van der Waals surface area contributed by atoms with Gasteiger partial charge in [-0.05, 0) is 29.8 Å². The van der Waals surface area contributed by atoms with Gasteiger partial charge in [-0.2, -0.15) is 0 Å². The molecule has 0 radical (unpaired) electrons. The maximum Gasteiger partial charge on any atom is 0.204 e. The lowest BCUT2D eigenvalue weighted by atomic mass is 10.0. The van der Waals surface area contributed by atoms with E-state index in [1.54, 1.807) is 6.33 Å². The van der Waals surface area contributed by atoms with Gasteiger partial charge < -0.3 is 16.0 Å². The molecule has 0 unspecified atom stereocenters. The zero-order valence-electron chi connectivity index (χ0n) is 14.5. The highest BCUT2D eigenvalue weighted by atomic mass is 35.5. The average Bonchev–Trinajstić information content (AvgIpc) is 2.69. The Kier molecular flexibility index (Phi) is 6.45. The number of nitrogens with zero attached hydrogens (tertiary/aromatic N) is 3. The van der Waals surface area contributed by atoms with Crippen molar-refractivity contribution in [2.45, 2.75) is 0 Å². The van der Waals surface area contributed by atoms with Crippen molar-refractivity contribution >= 4 is 46.3 Å². The van der Waals surface area contributed by atoms with E-state index in [9.17, 15) is 0 Å². The van der Waals surface area contributed by atoms with Crippen LogP contribution in [0.2, 0.25) is 10.0 Å². The number of rotatable bonds is 2. The third kappa shape index (κ3) is 4.47. The molecule has 0 aliphatic carbocycles. The molecular formula is C19H19Cl2N5O. The van der Waals surface area contributed by atoms with Crippen LogP contribution in [0.5, 0.6) is 0 Å². The van der Waals surface area contributed by atoms with Crippen molar-refractivity contribution < 1.29 is 4.79 Å². The molecule has 0 atom stereocenters. The number of nitrogens with two attached hydrogens (primary N) is 1. The minimum absolute atomic E-state index is 0.250. The number of nitrogens with one attached hydrogen (secondary N) is 1. The molecule has 1 aliphatic rings. The van der Waals surface area contributed by atoms with Gasteiger partial charge in [0.15, 0.2) is 0 Å². The summed E-state index contributed by atoms with van der Waals surface area (Å²) >= 11 is 12.5. The number of fused-ring (bicyclic) bond motifs is 1. The number of amides is 1. The number of hydrogen-bond donors (Lipinski definition) is 2. The van der Waals surface area contributed by atoms with Crippen molar-refractivity contribution in [1.82, 2.24) is 15.3 Å². The molecule has 0 bridgehead atoms. The molecule has 3 N–H and O–H groups in total. The molecule has 0 spiro atoms. The SMILES string of the molecule is Clc1ccc(-c2cc3c(N4CCNCC4)ncnc3cc2Cl)cc1.NC=O. The van der Waals surface area contributed by atoms with Gasteiger partial charge in [0.05, 0.1) is 10.5 Å². The molecule has 4 rings (SSSR count). The molecule has 1 aromatic heterocycles. The normalized spacial score (nSPS) is 13.8. The van der Waals surface area contributed by atoms with Gasteiger partial charge >= 0.3 is 0 Å². The molecule has 140 valence electrons. The molecule has 1 saturated heterocycles. The van der Waals surface area contributed by atoms with E-state index in [4.69, 9.17) is 28.0 Å². The van der Waals surface area contributed by atoms with Crippen LogP contribution in [0.1, 0.15) is 0 Å². The van der Waals surface area contributed by atoms with Crippen LogP contribution in [0, 0.1) is 0 Å². The zero-order valence-corrected chi connectivity index (χ0v) is 16.0. The van der Waals surface area contributed by atoms with E-state index in [1.165, 1.54) is 0 Å². The standard InChI is InChI=1S/C18H16Cl2N4.CH3NO/c19-13-3-1-12(2-4-13)14-9-15-17(10-16(14)20)22-11-23-18(15)24-7-5-21-6-8-24;2-1-3/h1-4,9-11,21H,5-8H2;1H,(H2,2,3). The Hall–Kier alpha value is -2.41. The van der Waals surface area contributed by atoms with E-state index in [-0.39, 0.29) is 6.41 Å². The topological polar surface area (TPSA) is 84.1 Å². The molecule has 2 heterocycles. The van der Waals surface area contributed by atoms with E-state index in [0.717, 1.165) is 54.0 Å². The van der Waals surface area contributed by atoms with E-state index < -0.39 is 0 Å². The van der Waals surface area contributed by atoms with Gasteiger partial charge in [0.2, 0.25) is 6.41 Å². The van der Waals surface area contributed by atoms with Crippen LogP contribution in [-0.2, 0) is 4.79 Å². The Balaban J connectivity index is 0.000000659. The number of piperazine rings is 1. The Morgan fingerprint density at radius 1 is 1.07 bits per heavy atom. The summed E-state index contributed by atoms with van der Waals surface area (Å²) in [5, 5.41) is 5.77. The van der Waals surface area contributed by atoms with Crippen LogP contribution in [0.25, 0.3) is 22.0 Å². The highest BCUT2D eigenvalue weighted by molar-refractivity contribution is 6.34. The number of halogens is 2. The van der Waals surface area contributed by atoms with Crippen molar-refractivity contribution in [3.8, 4) is 11.1 Å². The van der Waals surface area contributed by atoms with Gasteiger partial charge in [-0.3, -0.25) is 4.79 Å². The first-order valence-electron chi connectivity index (χ1n) is 8.45. The van der Waals surface area contributed by atoms with E-state index in [0.29, 0.717) is 10.0 Å². The third-order valence-electron chi connectivity index (χ3n) is 4.27. The summed E-state index contributed by atoms with van der Waals surface area (Å²) in [7, 11) is 0. The molecule has 8 heteroatoms. The molecule has 1 aliphatic heterocycles. The largest absolute Gasteiger partial charge is 0.372 e. The van der Waals surface area contributed by atoms with Gasteiger partial charge in [-0.25, -0.2) is 9.97 Å². The summed E-state index contributed by atoms with van der Waals surface area (Å²) < 4.78 is 0. The summed E-state index contributed by atoms with van der Waals surface area (Å²) in [6.45, 7) is 3.79. The molecule has 3 aromatic rings. The van der Waals surface area contributed by atoms with E-state index >= 15 is 0 Å². The number of carbonyl (C=O) groups excluding carboxylic acids is 1. The molecule has 27 heavy (non-hydrogen) atoms. The lowest BCUT2D eigenvalue weighted by Gasteiger charge is -2.29. The summed E-state index contributed by atoms with van der Waals surface area (Å²) in [6.07, 6.45) is 1.86. The van der Waals surface area contributed by atoms with Gasteiger partial charge in [-0.15, -0.1) is 0 Å². The number of primary amides is 1. The predicted molar refractivity (Wildman–Crippen MR) is 110 cm³/mol. The maximum absolute atomic E-state index is 8.58. The van der Waals surface area contributed by atoms with E-state index in [2.05, 4.69) is 32.0 Å². The Labute approximate surface area is 167 Å². The van der Waals surface area contributed by atoms with Crippen LogP contribution in [0.4, 0.5) is 5.82 Å². The second-order valence-corrected chi connectivity index (χ2v) is 6.77. The van der Waals surface area contributed by atoms with Crippen LogP contribution < -0.4 is 16.0 Å². The predicted octanol–water partition coefficient (Wildman–Crippen LogP) is 3.11. The number of benzene rings is 2. The zero-order chi connectivity index (χ0) is 19.2. The molecule has 1 amide bonds. The number of aromatic nitrogens is 2. The van der Waals surface area contributed by atoms with Crippen LogP contribution in [0.3, 0.4) is 0 Å². The van der Waals surface area contributed by atoms with Gasteiger partial charge in [0.1, 0.15) is 12.1 Å². The molecule has 6 nitrogen and oxygen atoms in total. The lowest BCUT2D eigenvalue weighted by Crippen LogP contribution is -2.44. The molecule has 2 aromatic carbocycles. The van der Waals surface area contributed by atoms with Crippen molar-refractivity contribution in [2.75, 3.05) is 31.1 Å². The van der Waals surface area contributed by atoms with Crippen LogP contribution >= 0.6 is 23.2 Å². The van der Waals surface area contributed by atoms with Gasteiger partial charge in [0.25, 0.3) is 0 Å².